The molecule has 0 fully saturated rings. The summed E-state index contributed by atoms with van der Waals surface area (Å²) >= 11 is 0. The summed E-state index contributed by atoms with van der Waals surface area (Å²) < 4.78 is 4.38. The minimum Gasteiger partial charge on any atom is -0.307 e. The van der Waals surface area contributed by atoms with Gasteiger partial charge in [0.15, 0.2) is 0 Å². The number of rotatable bonds is 4. The molecular formula is C44H26N4. The molecule has 4 heteroatoms. The highest BCUT2D eigenvalue weighted by atomic mass is 15.0. The van der Waals surface area contributed by atoms with Crippen molar-refractivity contribution in [1.29, 1.82) is 10.5 Å². The molecule has 0 spiro atoms. The summed E-state index contributed by atoms with van der Waals surface area (Å²) in [7, 11) is 0. The van der Waals surface area contributed by atoms with Crippen molar-refractivity contribution in [3.05, 3.63) is 169 Å². The third-order valence-electron chi connectivity index (χ3n) is 9.40. The Kier molecular flexibility index (Phi) is 6.22. The van der Waals surface area contributed by atoms with Crippen LogP contribution in [0.15, 0.2) is 158 Å². The van der Waals surface area contributed by atoms with Gasteiger partial charge in [0, 0.05) is 32.7 Å². The Morgan fingerprint density at radius 1 is 0.333 bits per heavy atom. The Balaban J connectivity index is 1.60. The third-order valence-corrected chi connectivity index (χ3v) is 9.40. The van der Waals surface area contributed by atoms with Crippen molar-refractivity contribution in [2.45, 2.75) is 0 Å². The molecule has 0 N–H and O–H groups in total. The molecule has 0 aliphatic rings. The molecule has 7 aromatic carbocycles. The van der Waals surface area contributed by atoms with E-state index in [1.54, 1.807) is 0 Å². The fourth-order valence-corrected chi connectivity index (χ4v) is 7.49. The van der Waals surface area contributed by atoms with E-state index < -0.39 is 0 Å². The van der Waals surface area contributed by atoms with Crippen LogP contribution in [-0.4, -0.2) is 9.13 Å². The summed E-state index contributed by atoms with van der Waals surface area (Å²) in [6.45, 7) is 0. The molecule has 0 aliphatic carbocycles. The lowest BCUT2D eigenvalue weighted by molar-refractivity contribution is 1.13. The fourth-order valence-electron chi connectivity index (χ4n) is 7.49. The SMILES string of the molecule is N#Cc1c(C#N)c(-n2c3ccccc3c3ccccc32)c(-c2ccccc2)c(-c2ccccc2)c1-n1c2ccccc2c2ccccc21. The fraction of sp³-hybridized carbons (Fsp3) is 0. The van der Waals surface area contributed by atoms with Crippen LogP contribution in [0.25, 0.3) is 77.2 Å². The largest absolute Gasteiger partial charge is 0.307 e. The Morgan fingerprint density at radius 2 is 0.604 bits per heavy atom. The lowest BCUT2D eigenvalue weighted by Crippen LogP contribution is -2.11. The number of para-hydroxylation sites is 4. The van der Waals surface area contributed by atoms with Gasteiger partial charge in [0.25, 0.3) is 0 Å². The Morgan fingerprint density at radius 3 is 0.896 bits per heavy atom. The van der Waals surface area contributed by atoms with Crippen LogP contribution in [0.5, 0.6) is 0 Å². The first-order chi connectivity index (χ1) is 23.8. The van der Waals surface area contributed by atoms with Crippen molar-refractivity contribution in [2.75, 3.05) is 0 Å². The first kappa shape index (κ1) is 27.4. The average Bonchev–Trinajstić information content (AvgIpc) is 3.67. The highest BCUT2D eigenvalue weighted by molar-refractivity contribution is 6.13. The highest BCUT2D eigenvalue weighted by Crippen LogP contribution is 2.49. The van der Waals surface area contributed by atoms with E-state index >= 15 is 0 Å². The Bertz CT molecular complexity index is 2490. The maximum absolute atomic E-state index is 11.2. The van der Waals surface area contributed by atoms with Gasteiger partial charge in [-0.25, -0.2) is 0 Å². The summed E-state index contributed by atoms with van der Waals surface area (Å²) in [6, 6.07) is 58.9. The van der Waals surface area contributed by atoms with E-state index in [9.17, 15) is 10.5 Å². The number of hydrogen-bond acceptors (Lipinski definition) is 2. The van der Waals surface area contributed by atoms with Crippen LogP contribution in [0.4, 0.5) is 0 Å². The van der Waals surface area contributed by atoms with Crippen molar-refractivity contribution in [1.82, 2.24) is 9.13 Å². The van der Waals surface area contributed by atoms with Gasteiger partial charge in [-0.2, -0.15) is 10.5 Å². The molecular weight excluding hydrogens is 585 g/mol. The number of benzene rings is 7. The van der Waals surface area contributed by atoms with Gasteiger partial charge in [0.05, 0.1) is 44.6 Å². The molecule has 0 unspecified atom stereocenters. The monoisotopic (exact) mass is 610 g/mol. The molecule has 2 aromatic heterocycles. The predicted molar refractivity (Wildman–Crippen MR) is 195 cm³/mol. The van der Waals surface area contributed by atoms with Gasteiger partial charge in [0.2, 0.25) is 0 Å². The van der Waals surface area contributed by atoms with E-state index in [-0.39, 0.29) is 0 Å². The minimum absolute atomic E-state index is 0.333. The van der Waals surface area contributed by atoms with E-state index in [4.69, 9.17) is 0 Å². The van der Waals surface area contributed by atoms with Gasteiger partial charge in [0.1, 0.15) is 12.1 Å². The molecule has 0 radical (unpaired) electrons. The number of nitriles is 2. The van der Waals surface area contributed by atoms with Crippen molar-refractivity contribution in [2.24, 2.45) is 0 Å². The van der Waals surface area contributed by atoms with Gasteiger partial charge >= 0.3 is 0 Å². The van der Waals surface area contributed by atoms with Crippen LogP contribution < -0.4 is 0 Å². The Labute approximate surface area is 277 Å². The number of aromatic nitrogens is 2. The van der Waals surface area contributed by atoms with Gasteiger partial charge in [-0.15, -0.1) is 0 Å². The molecule has 0 amide bonds. The number of nitrogens with zero attached hydrogens (tertiary/aromatic N) is 4. The van der Waals surface area contributed by atoms with E-state index in [1.165, 1.54) is 0 Å². The zero-order valence-corrected chi connectivity index (χ0v) is 25.8. The Hall–Kier alpha value is -6.88. The summed E-state index contributed by atoms with van der Waals surface area (Å²) in [5.41, 5.74) is 9.63. The zero-order valence-electron chi connectivity index (χ0n) is 25.8. The van der Waals surface area contributed by atoms with Crippen molar-refractivity contribution < 1.29 is 0 Å². The van der Waals surface area contributed by atoms with E-state index in [1.807, 2.05) is 84.9 Å². The van der Waals surface area contributed by atoms with Crippen LogP contribution in [0.2, 0.25) is 0 Å². The van der Waals surface area contributed by atoms with E-state index in [2.05, 4.69) is 94.1 Å². The molecule has 0 bridgehead atoms. The maximum atomic E-state index is 11.2. The molecule has 9 aromatic rings. The second-order valence-corrected chi connectivity index (χ2v) is 11.9. The van der Waals surface area contributed by atoms with Crippen LogP contribution in [0.3, 0.4) is 0 Å². The van der Waals surface area contributed by atoms with Crippen LogP contribution in [-0.2, 0) is 0 Å². The second-order valence-electron chi connectivity index (χ2n) is 11.9. The standard InChI is InChI=1S/C44H26N4/c45-27-35-36(28-46)44(48-39-25-13-9-21-33(39)34-22-10-14-26-40(34)48)42(30-17-5-2-6-18-30)41(29-15-3-1-4-16-29)43(35)47-37-23-11-7-19-31(37)32-20-8-12-24-38(32)47/h1-26H. The van der Waals surface area contributed by atoms with Crippen molar-refractivity contribution in [3.8, 4) is 45.8 Å². The first-order valence-electron chi connectivity index (χ1n) is 15.9. The van der Waals surface area contributed by atoms with Crippen LogP contribution in [0, 0.1) is 22.7 Å². The molecule has 0 saturated heterocycles. The van der Waals surface area contributed by atoms with E-state index in [0.717, 1.165) is 65.9 Å². The maximum Gasteiger partial charge on any atom is 0.103 e. The first-order valence-corrected chi connectivity index (χ1v) is 15.9. The highest BCUT2D eigenvalue weighted by Gasteiger charge is 2.31. The van der Waals surface area contributed by atoms with Crippen molar-refractivity contribution in [3.63, 3.8) is 0 Å². The van der Waals surface area contributed by atoms with Crippen molar-refractivity contribution >= 4 is 43.6 Å². The molecule has 0 atom stereocenters. The molecule has 2 heterocycles. The smallest absolute Gasteiger partial charge is 0.103 e. The molecule has 0 aliphatic heterocycles. The lowest BCUT2D eigenvalue weighted by Gasteiger charge is -2.25. The zero-order chi connectivity index (χ0) is 32.2. The van der Waals surface area contributed by atoms with Gasteiger partial charge < -0.3 is 9.13 Å². The van der Waals surface area contributed by atoms with Gasteiger partial charge in [-0.1, -0.05) is 133 Å². The number of fused-ring (bicyclic) bond motifs is 6. The lowest BCUT2D eigenvalue weighted by atomic mass is 9.85. The van der Waals surface area contributed by atoms with Crippen LogP contribution >= 0.6 is 0 Å². The number of hydrogen-bond donors (Lipinski definition) is 0. The van der Waals surface area contributed by atoms with Gasteiger partial charge in [-0.05, 0) is 35.4 Å². The summed E-state index contributed by atoms with van der Waals surface area (Å²) in [5, 5.41) is 26.8. The average molecular weight is 611 g/mol. The molecule has 48 heavy (non-hydrogen) atoms. The van der Waals surface area contributed by atoms with E-state index in [0.29, 0.717) is 22.5 Å². The molecule has 4 nitrogen and oxygen atoms in total. The third kappa shape index (κ3) is 3.88. The summed E-state index contributed by atoms with van der Waals surface area (Å²) in [6.07, 6.45) is 0. The minimum atomic E-state index is 0.333. The predicted octanol–water partition coefficient (Wildman–Crippen LogP) is 11.0. The normalized spacial score (nSPS) is 11.3. The topological polar surface area (TPSA) is 57.4 Å². The quantitative estimate of drug-likeness (QED) is 0.199. The summed E-state index contributed by atoms with van der Waals surface area (Å²) in [4.78, 5) is 0. The molecule has 222 valence electrons. The second kappa shape index (κ2) is 10.9. The molecule has 9 rings (SSSR count). The van der Waals surface area contributed by atoms with Gasteiger partial charge in [-0.3, -0.25) is 0 Å². The van der Waals surface area contributed by atoms with Crippen LogP contribution in [0.1, 0.15) is 11.1 Å². The molecule has 0 saturated carbocycles. The summed E-state index contributed by atoms with van der Waals surface area (Å²) in [5.74, 6) is 0.